The number of hydrogen-bond donors (Lipinski definition) is 1. The number of nitrogens with zero attached hydrogens (tertiary/aromatic N) is 1. The standard InChI is InChI=1S/C8H10N2O3/c1-10-4-3-6(5-7(10)11)8(12)9-13-2/h3-5H,1-2H3,(H,9,12). The van der Waals surface area contributed by atoms with Crippen molar-refractivity contribution < 1.29 is 9.63 Å². The number of hydroxylamine groups is 1. The summed E-state index contributed by atoms with van der Waals surface area (Å²) in [5.74, 6) is -0.430. The van der Waals surface area contributed by atoms with Gasteiger partial charge in [-0.25, -0.2) is 5.48 Å². The van der Waals surface area contributed by atoms with Crippen LogP contribution < -0.4 is 11.0 Å². The first-order valence-electron chi connectivity index (χ1n) is 3.65. The minimum absolute atomic E-state index is 0.233. The molecule has 0 unspecified atom stereocenters. The smallest absolute Gasteiger partial charge is 0.275 e. The van der Waals surface area contributed by atoms with Gasteiger partial charge >= 0.3 is 0 Å². The van der Waals surface area contributed by atoms with Gasteiger partial charge in [0, 0.05) is 24.9 Å². The second kappa shape index (κ2) is 3.86. The second-order valence-electron chi connectivity index (χ2n) is 2.50. The average Bonchev–Trinajstić information content (AvgIpc) is 2.10. The topological polar surface area (TPSA) is 60.3 Å². The van der Waals surface area contributed by atoms with Crippen molar-refractivity contribution in [3.05, 3.63) is 34.2 Å². The molecule has 5 nitrogen and oxygen atoms in total. The number of pyridine rings is 1. The molecular weight excluding hydrogens is 172 g/mol. The molecule has 1 heterocycles. The summed E-state index contributed by atoms with van der Waals surface area (Å²) in [4.78, 5) is 26.6. The second-order valence-corrected chi connectivity index (χ2v) is 2.50. The van der Waals surface area contributed by atoms with Crippen LogP contribution in [-0.2, 0) is 11.9 Å². The molecule has 0 aliphatic rings. The fourth-order valence-corrected chi connectivity index (χ4v) is 0.841. The Hall–Kier alpha value is -1.62. The Morgan fingerprint density at radius 1 is 1.62 bits per heavy atom. The Bertz CT molecular complexity index is 370. The van der Waals surface area contributed by atoms with E-state index in [0.29, 0.717) is 0 Å². The van der Waals surface area contributed by atoms with E-state index in [0.717, 1.165) is 0 Å². The van der Waals surface area contributed by atoms with Crippen molar-refractivity contribution in [3.63, 3.8) is 0 Å². The molecule has 1 N–H and O–H groups in total. The van der Waals surface area contributed by atoms with Crippen LogP contribution in [0.5, 0.6) is 0 Å². The predicted octanol–water partition coefficient (Wildman–Crippen LogP) is -0.324. The zero-order valence-corrected chi connectivity index (χ0v) is 7.40. The van der Waals surface area contributed by atoms with Crippen LogP contribution in [0.2, 0.25) is 0 Å². The first-order valence-corrected chi connectivity index (χ1v) is 3.65. The molecule has 0 aliphatic carbocycles. The van der Waals surface area contributed by atoms with Gasteiger partial charge in [0.1, 0.15) is 0 Å². The maximum atomic E-state index is 11.1. The molecule has 0 spiro atoms. The van der Waals surface area contributed by atoms with E-state index in [9.17, 15) is 9.59 Å². The van der Waals surface area contributed by atoms with Gasteiger partial charge in [0.15, 0.2) is 0 Å². The Balaban J connectivity index is 2.97. The summed E-state index contributed by atoms with van der Waals surface area (Å²) in [5, 5.41) is 0. The van der Waals surface area contributed by atoms with Crippen molar-refractivity contribution in [2.45, 2.75) is 0 Å². The maximum Gasteiger partial charge on any atom is 0.275 e. The molecule has 70 valence electrons. The summed E-state index contributed by atoms with van der Waals surface area (Å²) in [5.41, 5.74) is 2.17. The normalized spacial score (nSPS) is 9.69. The summed E-state index contributed by atoms with van der Waals surface area (Å²) in [6, 6.07) is 2.78. The molecule has 0 aromatic carbocycles. The molecule has 0 saturated heterocycles. The van der Waals surface area contributed by atoms with Crippen LogP contribution in [0.3, 0.4) is 0 Å². The van der Waals surface area contributed by atoms with Crippen molar-refractivity contribution in [2.24, 2.45) is 7.05 Å². The maximum absolute atomic E-state index is 11.1. The third kappa shape index (κ3) is 2.16. The van der Waals surface area contributed by atoms with E-state index in [2.05, 4.69) is 10.3 Å². The Labute approximate surface area is 74.9 Å². The number of carbonyl (C=O) groups is 1. The first-order chi connectivity index (χ1) is 6.15. The number of nitrogens with one attached hydrogen (secondary N) is 1. The van der Waals surface area contributed by atoms with E-state index >= 15 is 0 Å². The van der Waals surface area contributed by atoms with Gasteiger partial charge in [-0.1, -0.05) is 0 Å². The van der Waals surface area contributed by atoms with Crippen LogP contribution in [0.1, 0.15) is 10.4 Å². The van der Waals surface area contributed by atoms with E-state index in [1.807, 2.05) is 0 Å². The summed E-state index contributed by atoms with van der Waals surface area (Å²) < 4.78 is 1.38. The van der Waals surface area contributed by atoms with Crippen molar-refractivity contribution in [3.8, 4) is 0 Å². The van der Waals surface area contributed by atoms with Crippen LogP contribution in [0.15, 0.2) is 23.1 Å². The summed E-state index contributed by atoms with van der Waals surface area (Å²) >= 11 is 0. The lowest BCUT2D eigenvalue weighted by Gasteiger charge is -2.01. The van der Waals surface area contributed by atoms with Gasteiger partial charge in [-0.05, 0) is 6.07 Å². The number of rotatable bonds is 2. The molecule has 0 radical (unpaired) electrons. The fraction of sp³-hybridized carbons (Fsp3) is 0.250. The van der Waals surface area contributed by atoms with Gasteiger partial charge in [-0.2, -0.15) is 0 Å². The highest BCUT2D eigenvalue weighted by Gasteiger charge is 2.04. The Kier molecular flexibility index (Phi) is 2.81. The number of aromatic nitrogens is 1. The molecule has 0 aliphatic heterocycles. The quantitative estimate of drug-likeness (QED) is 0.637. The zero-order chi connectivity index (χ0) is 9.84. The molecule has 1 amide bonds. The third-order valence-corrected chi connectivity index (χ3v) is 1.56. The monoisotopic (exact) mass is 182 g/mol. The summed E-state index contributed by atoms with van der Waals surface area (Å²) in [7, 11) is 2.94. The highest BCUT2D eigenvalue weighted by molar-refractivity contribution is 5.93. The molecule has 0 bridgehead atoms. The highest BCUT2D eigenvalue weighted by atomic mass is 16.6. The molecule has 1 aromatic rings. The van der Waals surface area contributed by atoms with Gasteiger partial charge < -0.3 is 4.57 Å². The number of amides is 1. The zero-order valence-electron chi connectivity index (χ0n) is 7.40. The molecule has 5 heteroatoms. The van der Waals surface area contributed by atoms with Gasteiger partial charge in [-0.3, -0.25) is 14.4 Å². The van der Waals surface area contributed by atoms with Crippen molar-refractivity contribution in [1.29, 1.82) is 0 Å². The lowest BCUT2D eigenvalue weighted by Crippen LogP contribution is -2.25. The van der Waals surface area contributed by atoms with Gasteiger partial charge in [0.25, 0.3) is 11.5 Å². The van der Waals surface area contributed by atoms with E-state index in [1.165, 1.54) is 30.0 Å². The summed E-state index contributed by atoms with van der Waals surface area (Å²) in [6.07, 6.45) is 1.52. The minimum Gasteiger partial charge on any atom is -0.319 e. The first kappa shape index (κ1) is 9.47. The predicted molar refractivity (Wildman–Crippen MR) is 46.2 cm³/mol. The van der Waals surface area contributed by atoms with Crippen molar-refractivity contribution in [1.82, 2.24) is 10.0 Å². The average molecular weight is 182 g/mol. The van der Waals surface area contributed by atoms with E-state index < -0.39 is 5.91 Å². The van der Waals surface area contributed by atoms with Gasteiger partial charge in [0.05, 0.1) is 7.11 Å². The minimum atomic E-state index is -0.430. The third-order valence-electron chi connectivity index (χ3n) is 1.56. The van der Waals surface area contributed by atoms with Crippen LogP contribution in [0.4, 0.5) is 0 Å². The van der Waals surface area contributed by atoms with Crippen molar-refractivity contribution in [2.75, 3.05) is 7.11 Å². The van der Waals surface area contributed by atoms with Crippen LogP contribution in [-0.4, -0.2) is 17.6 Å². The molecule has 0 saturated carbocycles. The Morgan fingerprint density at radius 3 is 2.85 bits per heavy atom. The lowest BCUT2D eigenvalue weighted by atomic mass is 10.2. The van der Waals surface area contributed by atoms with Crippen molar-refractivity contribution >= 4 is 5.91 Å². The molecular formula is C8H10N2O3. The Morgan fingerprint density at radius 2 is 2.31 bits per heavy atom. The lowest BCUT2D eigenvalue weighted by molar-refractivity contribution is 0.0537. The number of hydrogen-bond acceptors (Lipinski definition) is 3. The van der Waals surface area contributed by atoms with Gasteiger partial charge in [-0.15, -0.1) is 0 Å². The van der Waals surface area contributed by atoms with Gasteiger partial charge in [0.2, 0.25) is 0 Å². The highest BCUT2D eigenvalue weighted by Crippen LogP contribution is 1.93. The van der Waals surface area contributed by atoms with Crippen LogP contribution >= 0.6 is 0 Å². The molecule has 13 heavy (non-hydrogen) atoms. The van der Waals surface area contributed by atoms with E-state index in [1.54, 1.807) is 7.05 Å². The number of aryl methyl sites for hydroxylation is 1. The number of carbonyl (C=O) groups excluding carboxylic acids is 1. The fourth-order valence-electron chi connectivity index (χ4n) is 0.841. The molecule has 0 fully saturated rings. The van der Waals surface area contributed by atoms with E-state index in [-0.39, 0.29) is 11.1 Å². The summed E-state index contributed by atoms with van der Waals surface area (Å²) in [6.45, 7) is 0. The molecule has 1 aromatic heterocycles. The largest absolute Gasteiger partial charge is 0.319 e. The molecule has 0 atom stereocenters. The van der Waals surface area contributed by atoms with Crippen LogP contribution in [0.25, 0.3) is 0 Å². The SMILES string of the molecule is CONC(=O)c1ccn(C)c(=O)c1. The van der Waals surface area contributed by atoms with Crippen LogP contribution in [0, 0.1) is 0 Å². The molecule has 1 rings (SSSR count). The van der Waals surface area contributed by atoms with E-state index in [4.69, 9.17) is 0 Å².